The van der Waals surface area contributed by atoms with Crippen molar-refractivity contribution in [3.63, 3.8) is 0 Å². The first-order valence-electron chi connectivity index (χ1n) is 30.6. The lowest BCUT2D eigenvalue weighted by Gasteiger charge is -2.32. The lowest BCUT2D eigenvalue weighted by atomic mass is 9.92. The molecule has 0 bridgehead atoms. The molecule has 0 spiro atoms. The third-order valence-electron chi connectivity index (χ3n) is 16.7. The predicted octanol–water partition coefficient (Wildman–Crippen LogP) is 12.4. The van der Waals surface area contributed by atoms with Crippen molar-refractivity contribution in [3.8, 4) is 0 Å². The molecule has 0 atom stereocenters. The smallest absolute Gasteiger partial charge is 0.410 e. The minimum Gasteiger partial charge on any atom is -0.465 e. The third-order valence-corrected chi connectivity index (χ3v) is 16.7. The molecule has 5 aromatic rings. The number of amides is 4. The molecular weight excluding hydrogens is 1160 g/mol. The Labute approximate surface area is 534 Å². The van der Waals surface area contributed by atoms with E-state index in [9.17, 15) is 33.6 Å². The van der Waals surface area contributed by atoms with Gasteiger partial charge in [-0.3, -0.25) is 9.48 Å². The summed E-state index contributed by atoms with van der Waals surface area (Å²) in [7, 11) is 7.74. The van der Waals surface area contributed by atoms with Crippen LogP contribution >= 0.6 is 0 Å². The molecule has 91 heavy (non-hydrogen) atoms. The summed E-state index contributed by atoms with van der Waals surface area (Å²) in [5.41, 5.74) is 6.55. The first kappa shape index (κ1) is 71.2. The van der Waals surface area contributed by atoms with Crippen LogP contribution in [0.15, 0.2) is 103 Å². The molecule has 1 aromatic heterocycles. The summed E-state index contributed by atoms with van der Waals surface area (Å²) in [5.74, 6) is -1.05. The Morgan fingerprint density at radius 2 is 0.956 bits per heavy atom. The third kappa shape index (κ3) is 18.4. The Morgan fingerprint density at radius 3 is 1.34 bits per heavy atom. The number of aryl methyl sites for hydroxylation is 1. The van der Waals surface area contributed by atoms with Crippen molar-refractivity contribution < 1.29 is 71.6 Å². The summed E-state index contributed by atoms with van der Waals surface area (Å²) in [6.07, 6.45) is 9.93. The number of rotatable bonds is 12. The molecule has 0 saturated heterocycles. The van der Waals surface area contributed by atoms with Gasteiger partial charge in [0.25, 0.3) is 5.91 Å². The molecule has 4 amide bonds. The second kappa shape index (κ2) is 29.0. The molecule has 21 nitrogen and oxygen atoms in total. The number of hydrogen-bond donors (Lipinski definition) is 1. The predicted molar refractivity (Wildman–Crippen MR) is 338 cm³/mol. The van der Waals surface area contributed by atoms with Crippen molar-refractivity contribution in [1.82, 2.24) is 29.8 Å². The van der Waals surface area contributed by atoms with Gasteiger partial charge in [0.2, 0.25) is 0 Å². The van der Waals surface area contributed by atoms with Crippen LogP contribution in [-0.4, -0.2) is 131 Å². The van der Waals surface area contributed by atoms with E-state index in [1.54, 1.807) is 47.3 Å². The number of hydrogen-bond acceptors (Lipinski definition) is 16. The highest BCUT2D eigenvalue weighted by atomic mass is 16.6. The first-order chi connectivity index (χ1) is 42.7. The van der Waals surface area contributed by atoms with Crippen LogP contribution in [0.25, 0.3) is 0 Å². The van der Waals surface area contributed by atoms with Gasteiger partial charge in [-0.1, -0.05) is 73.2 Å². The van der Waals surface area contributed by atoms with Gasteiger partial charge in [0.15, 0.2) is 0 Å². The van der Waals surface area contributed by atoms with E-state index in [2.05, 4.69) is 70.1 Å². The molecule has 4 aromatic carbocycles. The zero-order chi connectivity index (χ0) is 67.5. The molecule has 4 aliphatic carbocycles. The fraction of sp³-hybridized carbons (Fsp3) is 0.500. The maximum Gasteiger partial charge on any atom is 0.410 e. The molecule has 4 saturated carbocycles. The molecule has 21 heteroatoms. The largest absolute Gasteiger partial charge is 0.465 e. The van der Waals surface area contributed by atoms with Gasteiger partial charge in [0.1, 0.15) is 16.8 Å². The molecule has 0 radical (unpaired) electrons. The van der Waals surface area contributed by atoms with Gasteiger partial charge in [-0.2, -0.15) is 14.7 Å². The van der Waals surface area contributed by atoms with Crippen LogP contribution in [-0.2, 0) is 73.1 Å². The van der Waals surface area contributed by atoms with Gasteiger partial charge in [0, 0.05) is 20.6 Å². The molecule has 5 aliphatic rings. The number of alkyl carbamates (subject to hydrolysis) is 1. The maximum atomic E-state index is 13.4. The number of fused-ring (bicyclic) bond motifs is 1. The van der Waals surface area contributed by atoms with E-state index in [-0.39, 0.29) is 58.8 Å². The lowest BCUT2D eigenvalue weighted by molar-refractivity contribution is -0.191. The maximum absolute atomic E-state index is 13.4. The van der Waals surface area contributed by atoms with Gasteiger partial charge in [0.05, 0.1) is 85.2 Å². The van der Waals surface area contributed by atoms with E-state index in [0.29, 0.717) is 47.3 Å². The summed E-state index contributed by atoms with van der Waals surface area (Å²) in [6, 6.07) is 30.5. The number of carbonyl (C=O) groups is 7. The minimum absolute atomic E-state index is 0.0552. The SMILES string of the molecule is CCC1(c2ccc(C(=O)OC)cc2)CC1.COC(=O)c1ccc(C2(N(C)C(=O)OC(C)(C)C)CC2)cc1.COC(=O)c1ccc(C2(NC(=O)OC(C)(C)C)CC2)cc1.Cc1ccc(C2(N(C)C(=O)c3cnn4c3CN(C(=O)OC(C)(C)C)CC4)CC2)cc1.O=C=O. The number of methoxy groups -OCH3 is 3. The lowest BCUT2D eigenvalue weighted by Crippen LogP contribution is -2.43. The average molecular weight is 1260 g/mol. The summed E-state index contributed by atoms with van der Waals surface area (Å²) < 4.78 is 32.1. The molecule has 490 valence electrons. The normalized spacial score (nSPS) is 16.2. The number of nitrogens with one attached hydrogen (secondary N) is 1. The molecule has 1 N–H and O–H groups in total. The number of nitrogens with zero attached hydrogens (tertiary/aromatic N) is 5. The quantitative estimate of drug-likeness (QED) is 0.0900. The fourth-order valence-electron chi connectivity index (χ4n) is 10.8. The second-order valence-electron chi connectivity index (χ2n) is 26.6. The van der Waals surface area contributed by atoms with Crippen LogP contribution in [0, 0.1) is 6.92 Å². The van der Waals surface area contributed by atoms with Crippen LogP contribution < -0.4 is 5.32 Å². The van der Waals surface area contributed by atoms with Crippen molar-refractivity contribution in [3.05, 3.63) is 159 Å². The first-order valence-corrected chi connectivity index (χ1v) is 30.6. The van der Waals surface area contributed by atoms with Gasteiger partial charge in [-0.05, 0) is 191 Å². The van der Waals surface area contributed by atoms with Gasteiger partial charge in [-0.15, -0.1) is 0 Å². The minimum atomic E-state index is -0.556. The van der Waals surface area contributed by atoms with E-state index < -0.39 is 22.9 Å². The Bertz CT molecular complexity index is 3400. The molecule has 10 rings (SSSR count). The molecule has 2 heterocycles. The average Bonchev–Trinajstić information content (AvgIpc) is 1.62. The fourth-order valence-corrected chi connectivity index (χ4v) is 10.8. The van der Waals surface area contributed by atoms with Crippen molar-refractivity contribution in [1.29, 1.82) is 0 Å². The Kier molecular flexibility index (Phi) is 22.7. The van der Waals surface area contributed by atoms with Crippen LogP contribution in [0.1, 0.15) is 202 Å². The van der Waals surface area contributed by atoms with Gasteiger partial charge in [-0.25, -0.2) is 28.8 Å². The van der Waals surface area contributed by atoms with Crippen molar-refractivity contribution >= 4 is 48.2 Å². The topological polar surface area (TPSA) is 249 Å². The molecule has 0 unspecified atom stereocenters. The summed E-state index contributed by atoms with van der Waals surface area (Å²) in [6.45, 7) is 22.3. The number of esters is 3. The van der Waals surface area contributed by atoms with E-state index in [0.717, 1.165) is 55.3 Å². The van der Waals surface area contributed by atoms with Crippen molar-refractivity contribution in [2.24, 2.45) is 0 Å². The standard InChI is InChI=1S/C23H30N4O3.C17H23NO4.C16H21NO4.C13H16O2.CO2/c1-16-6-8-17(9-7-16)23(10-11-23)25(5)20(28)18-14-24-27-13-12-26(15-19(18)27)21(29)30-22(2,3)4;1-16(2,3)22-15(20)18(4)17(10-11-17)13-8-6-12(7-9-13)14(19)21-5;1-15(2,3)21-14(19)17-16(9-10-16)12-7-5-11(6-8-12)13(18)20-4;1-3-13(8-9-13)11-6-4-10(5-7-11)12(14)15-2;2-1-3/h6-9,14H,10-13,15H2,1-5H3;6-9H,10-11H2,1-5H3;5-8H,9-10H2,1-4H3,(H,17,19);4-7H,3,8-9H2,1-2H3;. The van der Waals surface area contributed by atoms with Crippen LogP contribution in [0.4, 0.5) is 14.4 Å². The highest BCUT2D eigenvalue weighted by Gasteiger charge is 2.52. The van der Waals surface area contributed by atoms with E-state index in [4.69, 9.17) is 28.5 Å². The Hall–Kier alpha value is -8.84. The van der Waals surface area contributed by atoms with E-state index >= 15 is 0 Å². The number of benzene rings is 4. The van der Waals surface area contributed by atoms with Gasteiger partial charge < -0.3 is 48.4 Å². The van der Waals surface area contributed by atoms with E-state index in [1.165, 1.54) is 57.3 Å². The van der Waals surface area contributed by atoms with Crippen LogP contribution in [0.2, 0.25) is 0 Å². The number of carbonyl (C=O) groups excluding carboxylic acids is 9. The highest BCUT2D eigenvalue weighted by molar-refractivity contribution is 5.96. The highest BCUT2D eigenvalue weighted by Crippen LogP contribution is 2.53. The zero-order valence-electron chi connectivity index (χ0n) is 55.7. The van der Waals surface area contributed by atoms with Crippen LogP contribution in [0.5, 0.6) is 0 Å². The summed E-state index contributed by atoms with van der Waals surface area (Å²) in [4.78, 5) is 106. The monoisotopic (exact) mass is 1250 g/mol. The number of ether oxygens (including phenoxy) is 6. The molecule has 1 aliphatic heterocycles. The zero-order valence-corrected chi connectivity index (χ0v) is 55.7. The Morgan fingerprint density at radius 1 is 0.549 bits per heavy atom. The van der Waals surface area contributed by atoms with Crippen molar-refractivity contribution in [2.45, 2.75) is 186 Å². The second-order valence-corrected chi connectivity index (χ2v) is 26.6. The van der Waals surface area contributed by atoms with Crippen molar-refractivity contribution in [2.75, 3.05) is 42.0 Å². The molecular formula is C70H90N6O15. The summed E-state index contributed by atoms with van der Waals surface area (Å²) >= 11 is 0. The van der Waals surface area contributed by atoms with Gasteiger partial charge >= 0.3 is 42.3 Å². The number of aromatic nitrogens is 2. The molecule has 4 fully saturated rings. The summed E-state index contributed by atoms with van der Waals surface area (Å²) in [5, 5.41) is 7.33. The van der Waals surface area contributed by atoms with E-state index in [1.807, 2.05) is 115 Å². The Balaban J connectivity index is 0.000000195. The van der Waals surface area contributed by atoms with Crippen LogP contribution in [0.3, 0.4) is 0 Å².